The van der Waals surface area contributed by atoms with Gasteiger partial charge in [0.1, 0.15) is 0 Å². The topological polar surface area (TPSA) is 64.9 Å². The molecular weight excluding hydrogens is 406 g/mol. The minimum atomic E-state index is 0.466. The van der Waals surface area contributed by atoms with E-state index in [0.29, 0.717) is 23.5 Å². The first-order valence-corrected chi connectivity index (χ1v) is 11.1. The summed E-state index contributed by atoms with van der Waals surface area (Å²) in [5, 5.41) is 4.39. The molecule has 0 fully saturated rings. The fraction of sp³-hybridized carbons (Fsp3) is 0.208. The Morgan fingerprint density at radius 1 is 1.00 bits per heavy atom. The number of anilines is 1. The van der Waals surface area contributed by atoms with Crippen LogP contribution in [0.2, 0.25) is 0 Å². The highest BCUT2D eigenvalue weighted by atomic mass is 32.2. The van der Waals surface area contributed by atoms with Crippen LogP contribution >= 0.6 is 11.9 Å². The number of rotatable bonds is 9. The third kappa shape index (κ3) is 6.08. The van der Waals surface area contributed by atoms with E-state index in [1.54, 1.807) is 6.20 Å². The zero-order valence-corrected chi connectivity index (χ0v) is 18.4. The van der Waals surface area contributed by atoms with Crippen molar-refractivity contribution in [1.29, 1.82) is 0 Å². The monoisotopic (exact) mass is 431 g/mol. The third-order valence-corrected chi connectivity index (χ3v) is 5.34. The van der Waals surface area contributed by atoms with E-state index in [1.165, 1.54) is 11.9 Å². The first-order valence-electron chi connectivity index (χ1n) is 10.3. The summed E-state index contributed by atoms with van der Waals surface area (Å²) < 4.78 is 11.2. The van der Waals surface area contributed by atoms with E-state index in [-0.39, 0.29) is 0 Å². The molecule has 1 N–H and O–H groups in total. The summed E-state index contributed by atoms with van der Waals surface area (Å²) in [6.45, 7) is 5.27. The van der Waals surface area contributed by atoms with Crippen molar-refractivity contribution in [3.8, 4) is 22.9 Å². The van der Waals surface area contributed by atoms with Gasteiger partial charge < -0.3 is 4.74 Å². The third-order valence-electron chi connectivity index (χ3n) is 4.54. The van der Waals surface area contributed by atoms with Crippen molar-refractivity contribution in [2.45, 2.75) is 31.7 Å². The molecule has 2 heterocycles. The summed E-state index contributed by atoms with van der Waals surface area (Å²) in [7, 11) is 0. The van der Waals surface area contributed by atoms with Crippen molar-refractivity contribution in [2.24, 2.45) is 5.92 Å². The lowest BCUT2D eigenvalue weighted by atomic mass is 10.1. The van der Waals surface area contributed by atoms with Crippen molar-refractivity contribution < 1.29 is 4.74 Å². The molecule has 0 atom stereocenters. The average Bonchev–Trinajstić information content (AvgIpc) is 3.25. The number of benzene rings is 2. The summed E-state index contributed by atoms with van der Waals surface area (Å²) in [5.41, 5.74) is 1.78. The van der Waals surface area contributed by atoms with Gasteiger partial charge in [-0.15, -0.1) is 0 Å². The van der Waals surface area contributed by atoms with Crippen LogP contribution < -0.4 is 9.46 Å². The van der Waals surface area contributed by atoms with Crippen molar-refractivity contribution in [3.05, 3.63) is 79.1 Å². The molecule has 0 aliphatic carbocycles. The van der Waals surface area contributed by atoms with E-state index in [0.717, 1.165) is 29.1 Å². The van der Waals surface area contributed by atoms with Crippen molar-refractivity contribution in [3.63, 3.8) is 0 Å². The van der Waals surface area contributed by atoms with Crippen LogP contribution in [-0.2, 0) is 6.54 Å². The second-order valence-corrected chi connectivity index (χ2v) is 8.40. The fourth-order valence-electron chi connectivity index (χ4n) is 2.90. The molecule has 4 rings (SSSR count). The van der Waals surface area contributed by atoms with E-state index < -0.39 is 0 Å². The standard InChI is InChI=1S/C24H25N5OS/c1-18(2)13-14-29-17-20(16-25-29)30-23-15-22(19-9-5-3-6-10-19)26-24(27-23)28-31-21-11-7-4-8-12-21/h3-12,15-18H,13-14H2,1-2H3,(H,26,27,28). The summed E-state index contributed by atoms with van der Waals surface area (Å²) in [5.74, 6) is 2.23. The molecular formula is C24H25N5OS. The molecule has 2 aromatic carbocycles. The first-order chi connectivity index (χ1) is 15.2. The van der Waals surface area contributed by atoms with Gasteiger partial charge in [0.25, 0.3) is 0 Å². The summed E-state index contributed by atoms with van der Waals surface area (Å²) in [4.78, 5) is 10.3. The second kappa shape index (κ2) is 10.1. The van der Waals surface area contributed by atoms with E-state index in [4.69, 9.17) is 4.74 Å². The Morgan fingerprint density at radius 2 is 1.74 bits per heavy atom. The Bertz CT molecular complexity index is 1100. The van der Waals surface area contributed by atoms with Crippen LogP contribution in [0, 0.1) is 5.92 Å². The molecule has 31 heavy (non-hydrogen) atoms. The highest BCUT2D eigenvalue weighted by molar-refractivity contribution is 8.00. The number of hydrogen-bond donors (Lipinski definition) is 1. The van der Waals surface area contributed by atoms with Crippen molar-refractivity contribution >= 4 is 17.9 Å². The van der Waals surface area contributed by atoms with Gasteiger partial charge in [-0.25, -0.2) is 4.98 Å². The lowest BCUT2D eigenvalue weighted by Gasteiger charge is -2.10. The number of nitrogens with one attached hydrogen (secondary N) is 1. The van der Waals surface area contributed by atoms with Crippen LogP contribution in [0.15, 0.2) is 84.0 Å². The molecule has 158 valence electrons. The van der Waals surface area contributed by atoms with Gasteiger partial charge in [-0.05, 0) is 36.4 Å². The van der Waals surface area contributed by atoms with Gasteiger partial charge in [-0.2, -0.15) is 10.1 Å². The van der Waals surface area contributed by atoms with Crippen LogP contribution in [0.3, 0.4) is 0 Å². The molecule has 0 radical (unpaired) electrons. The average molecular weight is 432 g/mol. The SMILES string of the molecule is CC(C)CCn1cc(Oc2cc(-c3ccccc3)nc(NSc3ccccc3)n2)cn1. The minimum absolute atomic E-state index is 0.466. The first kappa shape index (κ1) is 20.9. The second-order valence-electron chi connectivity index (χ2n) is 7.52. The number of aromatic nitrogens is 4. The Balaban J connectivity index is 1.55. The predicted octanol–water partition coefficient (Wildman–Crippen LogP) is 6.30. The van der Waals surface area contributed by atoms with Crippen LogP contribution in [0.4, 0.5) is 5.95 Å². The lowest BCUT2D eigenvalue weighted by molar-refractivity contribution is 0.457. The molecule has 0 aliphatic heterocycles. The molecule has 7 heteroatoms. The molecule has 0 bridgehead atoms. The van der Waals surface area contributed by atoms with Crippen molar-refractivity contribution in [2.75, 3.05) is 4.72 Å². The molecule has 0 unspecified atom stereocenters. The maximum Gasteiger partial charge on any atom is 0.237 e. The molecule has 6 nitrogen and oxygen atoms in total. The molecule has 0 amide bonds. The lowest BCUT2D eigenvalue weighted by Crippen LogP contribution is -2.01. The van der Waals surface area contributed by atoms with Gasteiger partial charge in [0, 0.05) is 23.1 Å². The van der Waals surface area contributed by atoms with Crippen molar-refractivity contribution in [1.82, 2.24) is 19.7 Å². The molecule has 4 aromatic rings. The van der Waals surface area contributed by atoms with Crippen LogP contribution in [-0.4, -0.2) is 19.7 Å². The van der Waals surface area contributed by atoms with Gasteiger partial charge >= 0.3 is 0 Å². The maximum absolute atomic E-state index is 6.04. The normalized spacial score (nSPS) is 10.9. The van der Waals surface area contributed by atoms with E-state index >= 15 is 0 Å². The summed E-state index contributed by atoms with van der Waals surface area (Å²) >= 11 is 1.46. The zero-order valence-electron chi connectivity index (χ0n) is 17.6. The van der Waals surface area contributed by atoms with Crippen LogP contribution in [0.1, 0.15) is 20.3 Å². The van der Waals surface area contributed by atoms with E-state index in [9.17, 15) is 0 Å². The Labute approximate surface area is 186 Å². The van der Waals surface area contributed by atoms with Crippen LogP contribution in [0.5, 0.6) is 11.6 Å². The smallest absolute Gasteiger partial charge is 0.237 e. The Hall–Kier alpha value is -3.32. The summed E-state index contributed by atoms with van der Waals surface area (Å²) in [6.07, 6.45) is 4.69. The van der Waals surface area contributed by atoms with Crippen LogP contribution in [0.25, 0.3) is 11.3 Å². The molecule has 0 aliphatic rings. The number of nitrogens with zero attached hydrogens (tertiary/aromatic N) is 4. The minimum Gasteiger partial charge on any atom is -0.436 e. The number of aryl methyl sites for hydroxylation is 1. The van der Waals surface area contributed by atoms with Gasteiger partial charge in [-0.1, -0.05) is 62.4 Å². The highest BCUT2D eigenvalue weighted by Gasteiger charge is 2.10. The van der Waals surface area contributed by atoms with Gasteiger partial charge in [0.05, 0.1) is 18.1 Å². The molecule has 0 saturated heterocycles. The summed E-state index contributed by atoms with van der Waals surface area (Å²) in [6, 6.07) is 21.9. The number of hydrogen-bond acceptors (Lipinski definition) is 6. The number of ether oxygens (including phenoxy) is 1. The quantitative estimate of drug-likeness (QED) is 0.314. The zero-order chi connectivity index (χ0) is 21.5. The van der Waals surface area contributed by atoms with E-state index in [1.807, 2.05) is 77.6 Å². The molecule has 0 saturated carbocycles. The molecule has 2 aromatic heterocycles. The Morgan fingerprint density at radius 3 is 2.48 bits per heavy atom. The predicted molar refractivity (Wildman–Crippen MR) is 125 cm³/mol. The maximum atomic E-state index is 6.04. The van der Waals surface area contributed by atoms with Gasteiger partial charge in [0.2, 0.25) is 11.8 Å². The highest BCUT2D eigenvalue weighted by Crippen LogP contribution is 2.28. The Kier molecular flexibility index (Phi) is 6.84. The van der Waals surface area contributed by atoms with Gasteiger partial charge in [-0.3, -0.25) is 9.40 Å². The van der Waals surface area contributed by atoms with Gasteiger partial charge in [0.15, 0.2) is 5.75 Å². The molecule has 0 spiro atoms. The fourth-order valence-corrected chi connectivity index (χ4v) is 3.50. The largest absolute Gasteiger partial charge is 0.436 e. The van der Waals surface area contributed by atoms with E-state index in [2.05, 4.69) is 33.6 Å².